The molecule has 0 bridgehead atoms. The molecule has 6 nitrogen and oxygen atoms in total. The first-order valence-corrected chi connectivity index (χ1v) is 6.02. The van der Waals surface area contributed by atoms with Crippen LogP contribution in [0.15, 0.2) is 30.9 Å². The number of nitrogens with one attached hydrogen (secondary N) is 2. The Bertz CT molecular complexity index is 509. The van der Waals surface area contributed by atoms with Crippen molar-refractivity contribution >= 4 is 11.8 Å². The molecule has 0 saturated carbocycles. The Morgan fingerprint density at radius 1 is 1.06 bits per heavy atom. The molecular weight excluding hydrogens is 228 g/mol. The molecule has 0 amide bonds. The third-order valence-corrected chi connectivity index (χ3v) is 2.91. The lowest BCUT2D eigenvalue weighted by atomic mass is 10.1. The van der Waals surface area contributed by atoms with Crippen LogP contribution in [0.1, 0.15) is 24.6 Å². The minimum atomic E-state index is 0.268. The molecule has 2 aromatic rings. The minimum absolute atomic E-state index is 0.268. The molecular formula is C12H14N6. The van der Waals surface area contributed by atoms with E-state index in [9.17, 15) is 0 Å². The fourth-order valence-electron chi connectivity index (χ4n) is 2.09. The molecule has 2 N–H and O–H groups in total. The first kappa shape index (κ1) is 11.0. The van der Waals surface area contributed by atoms with E-state index in [-0.39, 0.29) is 6.04 Å². The number of hydrogen-bond donors (Lipinski definition) is 2. The highest BCUT2D eigenvalue weighted by atomic mass is 15.1. The van der Waals surface area contributed by atoms with Gasteiger partial charge in [-0.15, -0.1) is 0 Å². The highest BCUT2D eigenvalue weighted by molar-refractivity contribution is 5.51. The molecule has 1 atom stereocenters. The van der Waals surface area contributed by atoms with Gasteiger partial charge < -0.3 is 10.6 Å². The lowest BCUT2D eigenvalue weighted by Gasteiger charge is -2.13. The van der Waals surface area contributed by atoms with Crippen LogP contribution in [-0.4, -0.2) is 26.5 Å². The highest BCUT2D eigenvalue weighted by Crippen LogP contribution is 2.26. The van der Waals surface area contributed by atoms with Crippen molar-refractivity contribution in [3.63, 3.8) is 0 Å². The molecule has 0 aromatic carbocycles. The first-order chi connectivity index (χ1) is 8.93. The quantitative estimate of drug-likeness (QED) is 0.848. The van der Waals surface area contributed by atoms with Crippen LogP contribution in [0.3, 0.4) is 0 Å². The summed E-state index contributed by atoms with van der Waals surface area (Å²) in [5.74, 6) is 1.26. The molecule has 1 unspecified atom stereocenters. The number of aromatic nitrogens is 4. The van der Waals surface area contributed by atoms with E-state index < -0.39 is 0 Å². The van der Waals surface area contributed by atoms with Gasteiger partial charge in [-0.1, -0.05) is 0 Å². The molecule has 1 saturated heterocycles. The van der Waals surface area contributed by atoms with Gasteiger partial charge in [0.25, 0.3) is 0 Å². The summed E-state index contributed by atoms with van der Waals surface area (Å²) in [5, 5.41) is 6.53. The standard InChI is InChI=1S/C12H14N6/c1-3-9(13-4-1)10-11(15-8-7-14-10)18-12-16-5-2-6-17-12/h2,5-9,13H,1,3-4H2,(H,15,16,17,18). The second-order valence-electron chi connectivity index (χ2n) is 4.14. The monoisotopic (exact) mass is 242 g/mol. The van der Waals surface area contributed by atoms with E-state index in [2.05, 4.69) is 30.6 Å². The van der Waals surface area contributed by atoms with Crippen LogP contribution in [0, 0.1) is 0 Å². The van der Waals surface area contributed by atoms with Crippen molar-refractivity contribution < 1.29 is 0 Å². The Morgan fingerprint density at radius 3 is 2.67 bits per heavy atom. The maximum Gasteiger partial charge on any atom is 0.228 e. The topological polar surface area (TPSA) is 75.6 Å². The molecule has 0 radical (unpaired) electrons. The van der Waals surface area contributed by atoms with E-state index in [4.69, 9.17) is 0 Å². The van der Waals surface area contributed by atoms with Crippen LogP contribution in [0.4, 0.5) is 11.8 Å². The van der Waals surface area contributed by atoms with Gasteiger partial charge in [-0.05, 0) is 25.5 Å². The fraction of sp³-hybridized carbons (Fsp3) is 0.333. The van der Waals surface area contributed by atoms with Crippen LogP contribution in [0.2, 0.25) is 0 Å². The van der Waals surface area contributed by atoms with E-state index in [0.717, 1.165) is 24.5 Å². The normalized spacial score (nSPS) is 18.8. The van der Waals surface area contributed by atoms with Gasteiger partial charge in [0.1, 0.15) is 0 Å². The van der Waals surface area contributed by atoms with Crippen molar-refractivity contribution in [1.29, 1.82) is 0 Å². The highest BCUT2D eigenvalue weighted by Gasteiger charge is 2.21. The van der Waals surface area contributed by atoms with Gasteiger partial charge in [-0.2, -0.15) is 0 Å². The third-order valence-electron chi connectivity index (χ3n) is 2.91. The number of hydrogen-bond acceptors (Lipinski definition) is 6. The number of nitrogens with zero attached hydrogens (tertiary/aromatic N) is 4. The van der Waals surface area contributed by atoms with Crippen LogP contribution < -0.4 is 10.6 Å². The molecule has 0 aliphatic carbocycles. The van der Waals surface area contributed by atoms with Gasteiger partial charge >= 0.3 is 0 Å². The minimum Gasteiger partial charge on any atom is -0.309 e. The Balaban J connectivity index is 1.87. The van der Waals surface area contributed by atoms with Crippen molar-refractivity contribution in [3.8, 4) is 0 Å². The fourth-order valence-corrected chi connectivity index (χ4v) is 2.09. The summed E-state index contributed by atoms with van der Waals surface area (Å²) in [7, 11) is 0. The number of anilines is 2. The predicted octanol–water partition coefficient (Wildman–Crippen LogP) is 1.43. The Kier molecular flexibility index (Phi) is 3.10. The van der Waals surface area contributed by atoms with Gasteiger partial charge in [0.2, 0.25) is 5.95 Å². The van der Waals surface area contributed by atoms with Gasteiger partial charge in [-0.3, -0.25) is 4.98 Å². The van der Waals surface area contributed by atoms with Crippen molar-refractivity contribution in [3.05, 3.63) is 36.5 Å². The first-order valence-electron chi connectivity index (χ1n) is 6.02. The van der Waals surface area contributed by atoms with E-state index in [1.165, 1.54) is 6.42 Å². The lowest BCUT2D eigenvalue weighted by molar-refractivity contribution is 0.626. The summed E-state index contributed by atoms with van der Waals surface area (Å²) in [4.78, 5) is 17.0. The van der Waals surface area contributed by atoms with E-state index in [1.807, 2.05) is 0 Å². The predicted molar refractivity (Wildman–Crippen MR) is 67.3 cm³/mol. The van der Waals surface area contributed by atoms with Gasteiger partial charge in [0.05, 0.1) is 11.7 Å². The number of rotatable bonds is 3. The lowest BCUT2D eigenvalue weighted by Crippen LogP contribution is -2.16. The zero-order valence-corrected chi connectivity index (χ0v) is 9.87. The zero-order chi connectivity index (χ0) is 12.2. The zero-order valence-electron chi connectivity index (χ0n) is 9.87. The van der Waals surface area contributed by atoms with Crippen molar-refractivity contribution in [1.82, 2.24) is 25.3 Å². The maximum absolute atomic E-state index is 4.41. The molecule has 6 heteroatoms. The van der Waals surface area contributed by atoms with Crippen molar-refractivity contribution in [2.45, 2.75) is 18.9 Å². The molecule has 1 fully saturated rings. The van der Waals surface area contributed by atoms with Gasteiger partial charge in [-0.25, -0.2) is 15.0 Å². The second-order valence-corrected chi connectivity index (χ2v) is 4.14. The Hall–Kier alpha value is -2.08. The van der Waals surface area contributed by atoms with Crippen molar-refractivity contribution in [2.24, 2.45) is 0 Å². The van der Waals surface area contributed by atoms with E-state index in [0.29, 0.717) is 5.95 Å². The molecule has 3 rings (SSSR count). The molecule has 92 valence electrons. The summed E-state index contributed by atoms with van der Waals surface area (Å²) in [5.41, 5.74) is 0.933. The Labute approximate surface area is 105 Å². The smallest absolute Gasteiger partial charge is 0.228 e. The van der Waals surface area contributed by atoms with Crippen LogP contribution in [0.5, 0.6) is 0 Å². The molecule has 18 heavy (non-hydrogen) atoms. The molecule has 3 heterocycles. The summed E-state index contributed by atoms with van der Waals surface area (Å²) >= 11 is 0. The average Bonchev–Trinajstić information content (AvgIpc) is 2.94. The van der Waals surface area contributed by atoms with Crippen LogP contribution in [-0.2, 0) is 0 Å². The van der Waals surface area contributed by atoms with Crippen LogP contribution >= 0.6 is 0 Å². The third kappa shape index (κ3) is 2.28. The Morgan fingerprint density at radius 2 is 1.89 bits per heavy atom. The van der Waals surface area contributed by atoms with Gasteiger partial charge in [0.15, 0.2) is 5.82 Å². The van der Waals surface area contributed by atoms with E-state index >= 15 is 0 Å². The maximum atomic E-state index is 4.41. The summed E-state index contributed by atoms with van der Waals surface area (Å²) in [6, 6.07) is 2.05. The molecule has 1 aliphatic rings. The average molecular weight is 242 g/mol. The summed E-state index contributed by atoms with van der Waals surface area (Å²) < 4.78 is 0. The summed E-state index contributed by atoms with van der Waals surface area (Å²) in [6.45, 7) is 1.03. The SMILES string of the molecule is c1cnc(Nc2nccnc2C2CCCN2)nc1. The van der Waals surface area contributed by atoms with Crippen LogP contribution in [0.25, 0.3) is 0 Å². The van der Waals surface area contributed by atoms with Crippen molar-refractivity contribution in [2.75, 3.05) is 11.9 Å². The summed E-state index contributed by atoms with van der Waals surface area (Å²) in [6.07, 6.45) is 9.03. The molecule has 0 spiro atoms. The second kappa shape index (κ2) is 5.05. The van der Waals surface area contributed by atoms with Gasteiger partial charge in [0, 0.05) is 24.8 Å². The largest absolute Gasteiger partial charge is 0.309 e. The molecule has 2 aromatic heterocycles. The van der Waals surface area contributed by atoms with E-state index in [1.54, 1.807) is 30.9 Å². The molecule has 1 aliphatic heterocycles.